The number of aromatic nitrogens is 4. The van der Waals surface area contributed by atoms with Crippen LogP contribution in [0.3, 0.4) is 0 Å². The van der Waals surface area contributed by atoms with Gasteiger partial charge in [0.15, 0.2) is 12.0 Å². The molecule has 1 fully saturated rings. The maximum atomic E-state index is 13.2. The van der Waals surface area contributed by atoms with Crippen molar-refractivity contribution in [2.45, 2.75) is 25.4 Å². The second-order valence-corrected chi connectivity index (χ2v) is 4.96. The summed E-state index contributed by atoms with van der Waals surface area (Å²) in [7, 11) is 0. The Morgan fingerprint density at radius 3 is 2.95 bits per heavy atom. The fraction of sp³-hybridized carbons (Fsp3) is 0.333. The SMILES string of the molecule is N#CN(Cc1nnnn1C1CC1)c1ccc(F)c(Cl)c1. The molecule has 1 heterocycles. The summed E-state index contributed by atoms with van der Waals surface area (Å²) in [5.41, 5.74) is 0.504. The first-order valence-electron chi connectivity index (χ1n) is 6.08. The Kier molecular flexibility index (Phi) is 3.24. The van der Waals surface area contributed by atoms with Gasteiger partial charge in [0, 0.05) is 0 Å². The van der Waals surface area contributed by atoms with E-state index in [9.17, 15) is 9.65 Å². The number of nitrogens with zero attached hydrogens (tertiary/aromatic N) is 6. The van der Waals surface area contributed by atoms with Crippen LogP contribution in [0.5, 0.6) is 0 Å². The van der Waals surface area contributed by atoms with E-state index in [1.54, 1.807) is 4.68 Å². The van der Waals surface area contributed by atoms with Crippen molar-refractivity contribution in [3.8, 4) is 6.19 Å². The van der Waals surface area contributed by atoms with Crippen molar-refractivity contribution in [1.82, 2.24) is 20.2 Å². The first-order valence-corrected chi connectivity index (χ1v) is 6.46. The van der Waals surface area contributed by atoms with E-state index in [1.807, 2.05) is 6.19 Å². The molecule has 0 bridgehead atoms. The van der Waals surface area contributed by atoms with Crippen molar-refractivity contribution in [2.24, 2.45) is 0 Å². The van der Waals surface area contributed by atoms with Crippen LogP contribution in [0.15, 0.2) is 18.2 Å². The van der Waals surface area contributed by atoms with Crippen LogP contribution in [0.1, 0.15) is 24.7 Å². The minimum atomic E-state index is -0.517. The Morgan fingerprint density at radius 1 is 1.50 bits per heavy atom. The van der Waals surface area contributed by atoms with Gasteiger partial charge in [-0.3, -0.25) is 4.90 Å². The molecule has 0 amide bonds. The molecule has 6 nitrogen and oxygen atoms in total. The molecule has 1 aromatic carbocycles. The molecule has 0 radical (unpaired) electrons. The van der Waals surface area contributed by atoms with Crippen LogP contribution in [0, 0.1) is 17.3 Å². The predicted molar refractivity (Wildman–Crippen MR) is 69.3 cm³/mol. The average Bonchev–Trinajstić information content (AvgIpc) is 3.19. The molecule has 0 spiro atoms. The van der Waals surface area contributed by atoms with Crippen molar-refractivity contribution in [3.63, 3.8) is 0 Å². The highest BCUT2D eigenvalue weighted by atomic mass is 35.5. The van der Waals surface area contributed by atoms with E-state index in [4.69, 9.17) is 11.6 Å². The standard InChI is InChI=1S/C12H10ClFN6/c13-10-5-9(3-4-11(10)14)19(7-15)6-12-16-17-18-20(12)8-1-2-8/h3-5,8H,1-2,6H2. The van der Waals surface area contributed by atoms with E-state index in [0.717, 1.165) is 12.8 Å². The van der Waals surface area contributed by atoms with Gasteiger partial charge in [0.25, 0.3) is 0 Å². The number of rotatable bonds is 4. The number of benzene rings is 1. The van der Waals surface area contributed by atoms with Crippen molar-refractivity contribution in [3.05, 3.63) is 34.9 Å². The van der Waals surface area contributed by atoms with Crippen molar-refractivity contribution in [1.29, 1.82) is 5.26 Å². The third kappa shape index (κ3) is 2.42. The predicted octanol–water partition coefficient (Wildman–Crippen LogP) is 2.29. The molecular formula is C12H10ClFN6. The normalized spacial score (nSPS) is 14.1. The minimum Gasteiger partial charge on any atom is -0.272 e. The third-order valence-corrected chi connectivity index (χ3v) is 3.38. The number of tetrazole rings is 1. The van der Waals surface area contributed by atoms with E-state index in [2.05, 4.69) is 15.5 Å². The quantitative estimate of drug-likeness (QED) is 0.639. The van der Waals surface area contributed by atoms with Crippen LogP contribution in [-0.4, -0.2) is 20.2 Å². The second kappa shape index (κ2) is 5.06. The van der Waals surface area contributed by atoms with Gasteiger partial charge in [0.1, 0.15) is 5.82 Å². The highest BCUT2D eigenvalue weighted by Gasteiger charge is 2.28. The van der Waals surface area contributed by atoms with Gasteiger partial charge >= 0.3 is 0 Å². The molecule has 0 atom stereocenters. The Labute approximate surface area is 119 Å². The Morgan fingerprint density at radius 2 is 2.30 bits per heavy atom. The van der Waals surface area contributed by atoms with Crippen LogP contribution in [0.4, 0.5) is 10.1 Å². The summed E-state index contributed by atoms with van der Waals surface area (Å²) in [5.74, 6) is 0.0885. The van der Waals surface area contributed by atoms with Gasteiger partial charge in [-0.15, -0.1) is 5.10 Å². The molecule has 8 heteroatoms. The summed E-state index contributed by atoms with van der Waals surface area (Å²) >= 11 is 5.73. The molecule has 3 rings (SSSR count). The average molecular weight is 293 g/mol. The van der Waals surface area contributed by atoms with Crippen LogP contribution in [-0.2, 0) is 6.54 Å². The zero-order valence-electron chi connectivity index (χ0n) is 10.4. The van der Waals surface area contributed by atoms with Gasteiger partial charge in [0.05, 0.1) is 23.3 Å². The summed E-state index contributed by atoms with van der Waals surface area (Å²) in [4.78, 5) is 1.37. The van der Waals surface area contributed by atoms with Crippen molar-refractivity contribution in [2.75, 3.05) is 4.90 Å². The summed E-state index contributed by atoms with van der Waals surface area (Å²) < 4.78 is 14.9. The van der Waals surface area contributed by atoms with E-state index in [1.165, 1.54) is 23.1 Å². The molecule has 2 aromatic rings. The van der Waals surface area contributed by atoms with Gasteiger partial charge < -0.3 is 0 Å². The molecule has 20 heavy (non-hydrogen) atoms. The third-order valence-electron chi connectivity index (χ3n) is 3.09. The van der Waals surface area contributed by atoms with Gasteiger partial charge in [-0.25, -0.2) is 9.07 Å². The second-order valence-electron chi connectivity index (χ2n) is 4.56. The lowest BCUT2D eigenvalue weighted by Gasteiger charge is -2.15. The fourth-order valence-electron chi connectivity index (χ4n) is 1.90. The lowest BCUT2D eigenvalue weighted by molar-refractivity contribution is 0.581. The molecule has 1 aliphatic carbocycles. The fourth-order valence-corrected chi connectivity index (χ4v) is 2.07. The number of hydrogen-bond acceptors (Lipinski definition) is 5. The van der Waals surface area contributed by atoms with Gasteiger partial charge in [0.2, 0.25) is 0 Å². The Bertz CT molecular complexity index is 675. The highest BCUT2D eigenvalue weighted by Crippen LogP contribution is 2.34. The largest absolute Gasteiger partial charge is 0.272 e. The van der Waals surface area contributed by atoms with Crippen molar-refractivity contribution < 1.29 is 4.39 Å². The van der Waals surface area contributed by atoms with Crippen LogP contribution >= 0.6 is 11.6 Å². The van der Waals surface area contributed by atoms with E-state index < -0.39 is 5.82 Å². The van der Waals surface area contributed by atoms with E-state index in [0.29, 0.717) is 17.6 Å². The summed E-state index contributed by atoms with van der Waals surface area (Å²) in [6, 6.07) is 4.46. The van der Waals surface area contributed by atoms with Crippen LogP contribution in [0.2, 0.25) is 5.02 Å². The van der Waals surface area contributed by atoms with Crippen LogP contribution in [0.25, 0.3) is 0 Å². The molecule has 1 saturated carbocycles. The number of anilines is 1. The first-order chi connectivity index (χ1) is 9.69. The zero-order chi connectivity index (χ0) is 14.1. The maximum Gasteiger partial charge on any atom is 0.184 e. The van der Waals surface area contributed by atoms with Crippen molar-refractivity contribution >= 4 is 17.3 Å². The molecular weight excluding hydrogens is 283 g/mol. The lowest BCUT2D eigenvalue weighted by atomic mass is 10.3. The summed E-state index contributed by atoms with van der Waals surface area (Å²) in [6.45, 7) is 0.224. The topological polar surface area (TPSA) is 70.6 Å². The van der Waals surface area contributed by atoms with Crippen LogP contribution < -0.4 is 4.90 Å². The smallest absolute Gasteiger partial charge is 0.184 e. The van der Waals surface area contributed by atoms with E-state index >= 15 is 0 Å². The molecule has 0 saturated heterocycles. The van der Waals surface area contributed by atoms with Gasteiger partial charge in [-0.1, -0.05) is 11.6 Å². The lowest BCUT2D eigenvalue weighted by Crippen LogP contribution is -2.19. The summed E-state index contributed by atoms with van der Waals surface area (Å²) in [5, 5.41) is 20.7. The number of nitriles is 1. The zero-order valence-corrected chi connectivity index (χ0v) is 11.1. The Balaban J connectivity index is 1.84. The first kappa shape index (κ1) is 12.8. The van der Waals surface area contributed by atoms with Gasteiger partial charge in [-0.2, -0.15) is 5.26 Å². The maximum absolute atomic E-state index is 13.2. The molecule has 1 aromatic heterocycles. The molecule has 102 valence electrons. The minimum absolute atomic E-state index is 0.0236. The number of halogens is 2. The molecule has 0 aliphatic heterocycles. The monoisotopic (exact) mass is 292 g/mol. The summed E-state index contributed by atoms with van der Waals surface area (Å²) in [6.07, 6.45) is 4.13. The molecule has 0 unspecified atom stereocenters. The molecule has 0 N–H and O–H groups in total. The highest BCUT2D eigenvalue weighted by molar-refractivity contribution is 6.31. The Hall–Kier alpha value is -2.20. The number of hydrogen-bond donors (Lipinski definition) is 0. The van der Waals surface area contributed by atoms with E-state index in [-0.39, 0.29) is 11.6 Å². The van der Waals surface area contributed by atoms with Gasteiger partial charge in [-0.05, 0) is 41.5 Å². The molecule has 1 aliphatic rings.